The fourth-order valence-electron chi connectivity index (χ4n) is 3.01. The Balaban J connectivity index is 0.00000261. The first-order valence-corrected chi connectivity index (χ1v) is 9.56. The molecule has 3 N–H and O–H groups in total. The molecule has 0 unspecified atom stereocenters. The maximum absolute atomic E-state index is 13.6. The van der Waals surface area contributed by atoms with Gasteiger partial charge in [0.2, 0.25) is 9.84 Å². The molecule has 2 heterocycles. The van der Waals surface area contributed by atoms with Crippen molar-refractivity contribution >= 4 is 33.7 Å². The summed E-state index contributed by atoms with van der Waals surface area (Å²) >= 11 is 0. The number of aryl methyl sites for hydroxylation is 2. The van der Waals surface area contributed by atoms with Crippen molar-refractivity contribution in [1.82, 2.24) is 14.6 Å². The van der Waals surface area contributed by atoms with Gasteiger partial charge in [-0.2, -0.15) is 0 Å². The summed E-state index contributed by atoms with van der Waals surface area (Å²) in [7, 11) is -2.44. The quantitative estimate of drug-likeness (QED) is 0.665. The van der Waals surface area contributed by atoms with E-state index in [1.807, 2.05) is 13.8 Å². The van der Waals surface area contributed by atoms with Crippen LogP contribution in [0, 0.1) is 19.7 Å². The molecule has 0 aliphatic carbocycles. The van der Waals surface area contributed by atoms with Gasteiger partial charge in [-0.05, 0) is 50.6 Å². The molecule has 3 aromatic rings. The predicted molar refractivity (Wildman–Crippen MR) is 104 cm³/mol. The van der Waals surface area contributed by atoms with Gasteiger partial charge in [0.1, 0.15) is 5.82 Å². The summed E-state index contributed by atoms with van der Waals surface area (Å²) in [5.41, 5.74) is 8.26. The van der Waals surface area contributed by atoms with Crippen molar-refractivity contribution < 1.29 is 12.8 Å². The van der Waals surface area contributed by atoms with E-state index in [-0.39, 0.29) is 33.7 Å². The predicted octanol–water partition coefficient (Wildman–Crippen LogP) is 2.28. The molecule has 0 atom stereocenters. The van der Waals surface area contributed by atoms with Crippen LogP contribution in [0.25, 0.3) is 5.65 Å². The lowest BCUT2D eigenvalue weighted by molar-refractivity contribution is 0.591. The summed E-state index contributed by atoms with van der Waals surface area (Å²) in [6.45, 7) is 4.10. The largest absolute Gasteiger partial charge is 0.370 e. The van der Waals surface area contributed by atoms with Gasteiger partial charge in [0.25, 0.3) is 0 Å². The van der Waals surface area contributed by atoms with Crippen LogP contribution >= 0.6 is 12.4 Å². The van der Waals surface area contributed by atoms with Gasteiger partial charge in [-0.1, -0.05) is 6.07 Å². The van der Waals surface area contributed by atoms with E-state index in [0.29, 0.717) is 18.7 Å². The molecular weight excluding hydrogens is 393 g/mol. The average molecular weight is 414 g/mol. The number of nitrogens with zero attached hydrogens (tertiary/aromatic N) is 3. The van der Waals surface area contributed by atoms with E-state index in [0.717, 1.165) is 17.3 Å². The molecule has 27 heavy (non-hydrogen) atoms. The second-order valence-electron chi connectivity index (χ2n) is 5.92. The number of rotatable bonds is 5. The van der Waals surface area contributed by atoms with Crippen LogP contribution in [0.4, 0.5) is 10.2 Å². The van der Waals surface area contributed by atoms with E-state index in [9.17, 15) is 12.8 Å². The van der Waals surface area contributed by atoms with Gasteiger partial charge in [-0.25, -0.2) is 22.3 Å². The average Bonchev–Trinajstić information content (AvgIpc) is 2.98. The molecule has 0 bridgehead atoms. The van der Waals surface area contributed by atoms with Gasteiger partial charge in [-0.15, -0.1) is 17.5 Å². The number of hydrogen-bond donors (Lipinski definition) is 2. The summed E-state index contributed by atoms with van der Waals surface area (Å²) in [5, 5.41) is 7.16. The number of aromatic nitrogens is 3. The third-order valence-corrected chi connectivity index (χ3v) is 6.08. The minimum Gasteiger partial charge on any atom is -0.370 e. The Labute approximate surface area is 163 Å². The van der Waals surface area contributed by atoms with Crippen LogP contribution in [0.15, 0.2) is 34.1 Å². The lowest BCUT2D eigenvalue weighted by Gasteiger charge is -2.10. The first-order chi connectivity index (χ1) is 12.3. The van der Waals surface area contributed by atoms with E-state index >= 15 is 0 Å². The first kappa shape index (κ1) is 21.1. The molecule has 10 heteroatoms. The number of hydrogen-bond acceptors (Lipinski definition) is 6. The van der Waals surface area contributed by atoms with Crippen LogP contribution in [0.3, 0.4) is 0 Å². The standard InChI is InChI=1S/C17H20FN5O2S.ClH/c1-10-14(7-8-19)11(2)23-17(21-10)15(16(20-3)22-23)26(24,25)13-6-4-5-12(18)9-13;/h4-6,9H,7-8,19H2,1-3H3,(H,20,22);1H. The number of nitrogens with one attached hydrogen (secondary N) is 1. The highest BCUT2D eigenvalue weighted by Gasteiger charge is 2.30. The monoisotopic (exact) mass is 413 g/mol. The van der Waals surface area contributed by atoms with Gasteiger partial charge in [-0.3, -0.25) is 0 Å². The van der Waals surface area contributed by atoms with E-state index in [2.05, 4.69) is 15.4 Å². The normalized spacial score (nSPS) is 11.4. The van der Waals surface area contributed by atoms with Gasteiger partial charge in [0, 0.05) is 18.4 Å². The molecule has 0 aliphatic heterocycles. The lowest BCUT2D eigenvalue weighted by Crippen LogP contribution is -2.11. The number of anilines is 1. The number of halogens is 2. The highest BCUT2D eigenvalue weighted by atomic mass is 35.5. The molecule has 0 saturated heterocycles. The Hall–Kier alpha value is -2.23. The second-order valence-corrected chi connectivity index (χ2v) is 7.81. The van der Waals surface area contributed by atoms with Crippen molar-refractivity contribution in [2.45, 2.75) is 30.1 Å². The minimum absolute atomic E-state index is 0. The first-order valence-electron chi connectivity index (χ1n) is 8.08. The molecule has 1 aromatic carbocycles. The fraction of sp³-hybridized carbons (Fsp3) is 0.294. The molecule has 0 amide bonds. The van der Waals surface area contributed by atoms with Crippen molar-refractivity contribution in [2.75, 3.05) is 18.9 Å². The maximum Gasteiger partial charge on any atom is 0.214 e. The fourth-order valence-corrected chi connectivity index (χ4v) is 4.54. The van der Waals surface area contributed by atoms with Crippen LogP contribution in [0.5, 0.6) is 0 Å². The molecule has 0 saturated carbocycles. The van der Waals surface area contributed by atoms with Crippen LogP contribution in [0.2, 0.25) is 0 Å². The molecule has 146 valence electrons. The number of sulfone groups is 1. The molecule has 0 fully saturated rings. The highest BCUT2D eigenvalue weighted by Crippen LogP contribution is 2.32. The summed E-state index contributed by atoms with van der Waals surface area (Å²) in [4.78, 5) is 4.25. The van der Waals surface area contributed by atoms with Crippen LogP contribution < -0.4 is 11.1 Å². The van der Waals surface area contributed by atoms with Gasteiger partial charge >= 0.3 is 0 Å². The van der Waals surface area contributed by atoms with Gasteiger partial charge < -0.3 is 11.1 Å². The minimum atomic E-state index is -4.02. The molecule has 0 aliphatic rings. The summed E-state index contributed by atoms with van der Waals surface area (Å²) < 4.78 is 41.4. The van der Waals surface area contributed by atoms with Crippen molar-refractivity contribution in [2.24, 2.45) is 5.73 Å². The van der Waals surface area contributed by atoms with E-state index in [1.54, 1.807) is 7.05 Å². The zero-order valence-electron chi connectivity index (χ0n) is 15.2. The Morgan fingerprint density at radius 1 is 1.30 bits per heavy atom. The van der Waals surface area contributed by atoms with Crippen molar-refractivity contribution in [3.05, 3.63) is 47.0 Å². The zero-order chi connectivity index (χ0) is 19.1. The van der Waals surface area contributed by atoms with Gasteiger partial charge in [0.05, 0.1) is 4.90 Å². The summed E-state index contributed by atoms with van der Waals surface area (Å²) in [5.74, 6) is -0.465. The summed E-state index contributed by atoms with van der Waals surface area (Å²) in [6.07, 6.45) is 0.612. The Bertz CT molecular complexity index is 1100. The van der Waals surface area contributed by atoms with E-state index in [1.165, 1.54) is 22.7 Å². The SMILES string of the molecule is CNc1nn2c(C)c(CCN)c(C)nc2c1S(=O)(=O)c1cccc(F)c1.Cl. The number of nitrogens with two attached hydrogens (primary N) is 1. The third-order valence-electron chi connectivity index (χ3n) is 4.29. The van der Waals surface area contributed by atoms with Crippen LogP contribution in [-0.2, 0) is 16.3 Å². The van der Waals surface area contributed by atoms with Crippen LogP contribution in [0.1, 0.15) is 17.0 Å². The molecular formula is C17H21ClFN5O2S. The van der Waals surface area contributed by atoms with Crippen molar-refractivity contribution in [3.8, 4) is 0 Å². The van der Waals surface area contributed by atoms with Crippen LogP contribution in [-0.4, -0.2) is 36.6 Å². The molecule has 2 aromatic heterocycles. The molecule has 3 rings (SSSR count). The Morgan fingerprint density at radius 2 is 2.00 bits per heavy atom. The Morgan fingerprint density at radius 3 is 2.59 bits per heavy atom. The van der Waals surface area contributed by atoms with E-state index in [4.69, 9.17) is 5.73 Å². The summed E-state index contributed by atoms with van der Waals surface area (Å²) in [6, 6.07) is 4.89. The Kier molecular flexibility index (Phi) is 6.08. The smallest absolute Gasteiger partial charge is 0.214 e. The highest BCUT2D eigenvalue weighted by molar-refractivity contribution is 7.91. The second kappa shape index (κ2) is 7.79. The lowest BCUT2D eigenvalue weighted by atomic mass is 10.1. The number of fused-ring (bicyclic) bond motifs is 1. The topological polar surface area (TPSA) is 102 Å². The van der Waals surface area contributed by atoms with Gasteiger partial charge in [0.15, 0.2) is 16.4 Å². The molecule has 7 nitrogen and oxygen atoms in total. The number of benzene rings is 1. The zero-order valence-corrected chi connectivity index (χ0v) is 16.8. The maximum atomic E-state index is 13.6. The molecule has 0 radical (unpaired) electrons. The van der Waals surface area contributed by atoms with Crippen molar-refractivity contribution in [3.63, 3.8) is 0 Å². The molecule has 0 spiro atoms. The van der Waals surface area contributed by atoms with E-state index < -0.39 is 15.7 Å². The van der Waals surface area contributed by atoms with Crippen molar-refractivity contribution in [1.29, 1.82) is 0 Å². The third kappa shape index (κ3) is 3.50.